The highest BCUT2D eigenvalue weighted by atomic mass is 16.5. The monoisotopic (exact) mass is 327 g/mol. The molecule has 0 bridgehead atoms. The number of hydrogen-bond acceptors (Lipinski definition) is 3. The second-order valence-corrected chi connectivity index (χ2v) is 6.04. The van der Waals surface area contributed by atoms with Crippen LogP contribution in [0.5, 0.6) is 5.75 Å². The summed E-state index contributed by atoms with van der Waals surface area (Å²) in [6.07, 6.45) is 2.27. The van der Waals surface area contributed by atoms with Crippen LogP contribution in [0.25, 0.3) is 0 Å². The van der Waals surface area contributed by atoms with Crippen molar-refractivity contribution in [2.75, 3.05) is 7.11 Å². The number of benzene rings is 2. The quantitative estimate of drug-likeness (QED) is 0.742. The average molecular weight is 327 g/mol. The summed E-state index contributed by atoms with van der Waals surface area (Å²) in [6, 6.07) is 17.3. The van der Waals surface area contributed by atoms with Gasteiger partial charge < -0.3 is 15.2 Å². The van der Waals surface area contributed by atoms with Gasteiger partial charge in [0, 0.05) is 6.04 Å². The van der Waals surface area contributed by atoms with E-state index in [1.165, 1.54) is 5.56 Å². The molecule has 0 saturated carbocycles. The number of carboxylic acid groups (broad SMARTS) is 1. The van der Waals surface area contributed by atoms with Crippen molar-refractivity contribution in [3.8, 4) is 5.75 Å². The standard InChI is InChI=1S/C20H25NO3/c1-15(8-9-16-10-12-18(24-2)13-11-16)21-19(20(22)23)14-17-6-4-3-5-7-17/h3-7,10-13,15,19,21H,8-9,14H2,1-2H3,(H,22,23)/t15?,19-/m0/s1. The van der Waals surface area contributed by atoms with Crippen LogP contribution in [0, 0.1) is 0 Å². The fourth-order valence-corrected chi connectivity index (χ4v) is 2.67. The summed E-state index contributed by atoms with van der Waals surface area (Å²) in [4.78, 5) is 11.5. The van der Waals surface area contributed by atoms with Gasteiger partial charge in [-0.15, -0.1) is 0 Å². The van der Waals surface area contributed by atoms with Crippen LogP contribution in [0.2, 0.25) is 0 Å². The summed E-state index contributed by atoms with van der Waals surface area (Å²) >= 11 is 0. The maximum atomic E-state index is 11.5. The highest BCUT2D eigenvalue weighted by molar-refractivity contribution is 5.74. The van der Waals surface area contributed by atoms with E-state index in [1.54, 1.807) is 7.11 Å². The number of methoxy groups -OCH3 is 1. The second kappa shape index (κ2) is 9.08. The Hall–Kier alpha value is -2.33. The number of aryl methyl sites for hydroxylation is 1. The molecule has 1 unspecified atom stereocenters. The van der Waals surface area contributed by atoms with Crippen LogP contribution in [-0.4, -0.2) is 30.3 Å². The number of carboxylic acids is 1. The van der Waals surface area contributed by atoms with E-state index in [2.05, 4.69) is 5.32 Å². The van der Waals surface area contributed by atoms with Crippen LogP contribution in [0.3, 0.4) is 0 Å². The van der Waals surface area contributed by atoms with Gasteiger partial charge in [0.05, 0.1) is 7.11 Å². The van der Waals surface area contributed by atoms with Crippen LogP contribution in [0.1, 0.15) is 24.5 Å². The number of carbonyl (C=O) groups is 1. The fraction of sp³-hybridized carbons (Fsp3) is 0.350. The molecule has 0 aliphatic rings. The third-order valence-corrected chi connectivity index (χ3v) is 4.09. The van der Waals surface area contributed by atoms with Crippen molar-refractivity contribution in [3.63, 3.8) is 0 Å². The molecule has 128 valence electrons. The summed E-state index contributed by atoms with van der Waals surface area (Å²) in [6.45, 7) is 2.03. The summed E-state index contributed by atoms with van der Waals surface area (Å²) in [5.41, 5.74) is 2.25. The Labute approximate surface area is 143 Å². The first-order valence-electron chi connectivity index (χ1n) is 8.24. The van der Waals surface area contributed by atoms with Gasteiger partial charge in [-0.2, -0.15) is 0 Å². The van der Waals surface area contributed by atoms with Crippen LogP contribution in [0.4, 0.5) is 0 Å². The molecule has 2 aromatic carbocycles. The topological polar surface area (TPSA) is 58.6 Å². The minimum Gasteiger partial charge on any atom is -0.497 e. The van der Waals surface area contributed by atoms with E-state index in [4.69, 9.17) is 4.74 Å². The van der Waals surface area contributed by atoms with Crippen molar-refractivity contribution in [2.45, 2.75) is 38.3 Å². The molecule has 0 amide bonds. The van der Waals surface area contributed by atoms with E-state index in [0.717, 1.165) is 24.2 Å². The lowest BCUT2D eigenvalue weighted by molar-refractivity contribution is -0.139. The lowest BCUT2D eigenvalue weighted by atomic mass is 10.0. The zero-order chi connectivity index (χ0) is 17.4. The first-order valence-corrected chi connectivity index (χ1v) is 8.24. The summed E-state index contributed by atoms with van der Waals surface area (Å²) in [5, 5.41) is 12.7. The first-order chi connectivity index (χ1) is 11.6. The molecule has 0 fully saturated rings. The zero-order valence-corrected chi connectivity index (χ0v) is 14.2. The van der Waals surface area contributed by atoms with E-state index in [9.17, 15) is 9.90 Å². The van der Waals surface area contributed by atoms with Gasteiger partial charge in [-0.3, -0.25) is 4.79 Å². The van der Waals surface area contributed by atoms with Crippen LogP contribution >= 0.6 is 0 Å². The van der Waals surface area contributed by atoms with Crippen LogP contribution < -0.4 is 10.1 Å². The van der Waals surface area contributed by atoms with E-state index in [1.807, 2.05) is 61.5 Å². The Balaban J connectivity index is 1.85. The number of aliphatic carboxylic acids is 1. The molecule has 24 heavy (non-hydrogen) atoms. The Kier molecular flexibility index (Phi) is 6.82. The Morgan fingerprint density at radius 1 is 1.08 bits per heavy atom. The predicted molar refractivity (Wildman–Crippen MR) is 95.5 cm³/mol. The average Bonchev–Trinajstić information content (AvgIpc) is 2.60. The fourth-order valence-electron chi connectivity index (χ4n) is 2.67. The molecule has 0 aliphatic carbocycles. The van der Waals surface area contributed by atoms with Crippen molar-refractivity contribution in [2.24, 2.45) is 0 Å². The lowest BCUT2D eigenvalue weighted by Gasteiger charge is -2.20. The van der Waals surface area contributed by atoms with Gasteiger partial charge in [0.2, 0.25) is 0 Å². The first kappa shape index (κ1) is 18.0. The van der Waals surface area contributed by atoms with Gasteiger partial charge >= 0.3 is 5.97 Å². The maximum absolute atomic E-state index is 11.5. The molecular weight excluding hydrogens is 302 g/mol. The minimum atomic E-state index is -0.810. The molecule has 0 spiro atoms. The van der Waals surface area contributed by atoms with Crippen molar-refractivity contribution >= 4 is 5.97 Å². The highest BCUT2D eigenvalue weighted by Crippen LogP contribution is 2.13. The number of rotatable bonds is 9. The van der Waals surface area contributed by atoms with Gasteiger partial charge in [0.15, 0.2) is 0 Å². The van der Waals surface area contributed by atoms with Crippen molar-refractivity contribution in [1.29, 1.82) is 0 Å². The molecular formula is C20H25NO3. The van der Waals surface area contributed by atoms with Crippen molar-refractivity contribution in [1.82, 2.24) is 5.32 Å². The molecule has 0 aliphatic heterocycles. The minimum absolute atomic E-state index is 0.122. The van der Waals surface area contributed by atoms with Crippen molar-refractivity contribution in [3.05, 3.63) is 65.7 Å². The second-order valence-electron chi connectivity index (χ2n) is 6.04. The molecule has 4 heteroatoms. The maximum Gasteiger partial charge on any atom is 0.321 e. The molecule has 2 atom stereocenters. The van der Waals surface area contributed by atoms with Crippen LogP contribution in [-0.2, 0) is 17.6 Å². The predicted octanol–water partition coefficient (Wildman–Crippen LogP) is 3.30. The highest BCUT2D eigenvalue weighted by Gasteiger charge is 2.19. The molecule has 0 heterocycles. The van der Waals surface area contributed by atoms with E-state index < -0.39 is 12.0 Å². The smallest absolute Gasteiger partial charge is 0.321 e. The molecule has 0 radical (unpaired) electrons. The van der Waals surface area contributed by atoms with Gasteiger partial charge in [0.25, 0.3) is 0 Å². The normalized spacial score (nSPS) is 13.2. The Morgan fingerprint density at radius 2 is 1.75 bits per heavy atom. The molecule has 4 nitrogen and oxygen atoms in total. The molecule has 2 rings (SSSR count). The van der Waals surface area contributed by atoms with Crippen LogP contribution in [0.15, 0.2) is 54.6 Å². The summed E-state index contributed by atoms with van der Waals surface area (Å²) in [5.74, 6) is 0.0360. The molecule has 2 aromatic rings. The van der Waals surface area contributed by atoms with E-state index in [0.29, 0.717) is 6.42 Å². The SMILES string of the molecule is COc1ccc(CCC(C)N[C@@H](Cc2ccccc2)C(=O)O)cc1. The molecule has 0 saturated heterocycles. The largest absolute Gasteiger partial charge is 0.497 e. The van der Waals surface area contributed by atoms with E-state index >= 15 is 0 Å². The lowest BCUT2D eigenvalue weighted by Crippen LogP contribution is -2.43. The number of hydrogen-bond donors (Lipinski definition) is 2. The van der Waals surface area contributed by atoms with Gasteiger partial charge in [-0.05, 0) is 49.4 Å². The summed E-state index contributed by atoms with van der Waals surface area (Å²) < 4.78 is 5.15. The van der Waals surface area contributed by atoms with Gasteiger partial charge in [0.1, 0.15) is 11.8 Å². The van der Waals surface area contributed by atoms with Gasteiger partial charge in [-0.1, -0.05) is 42.5 Å². The third kappa shape index (κ3) is 5.70. The molecule has 0 aromatic heterocycles. The van der Waals surface area contributed by atoms with E-state index in [-0.39, 0.29) is 6.04 Å². The Morgan fingerprint density at radius 3 is 2.33 bits per heavy atom. The Bertz CT molecular complexity index is 625. The summed E-state index contributed by atoms with van der Waals surface area (Å²) in [7, 11) is 1.65. The third-order valence-electron chi connectivity index (χ3n) is 4.09. The number of nitrogens with one attached hydrogen (secondary N) is 1. The zero-order valence-electron chi connectivity index (χ0n) is 14.2. The molecule has 2 N–H and O–H groups in total. The van der Waals surface area contributed by atoms with Gasteiger partial charge in [-0.25, -0.2) is 0 Å². The van der Waals surface area contributed by atoms with Crippen molar-refractivity contribution < 1.29 is 14.6 Å². The number of ether oxygens (including phenoxy) is 1.